The summed E-state index contributed by atoms with van der Waals surface area (Å²) in [6.07, 6.45) is 1.58. The average molecular weight is 438 g/mol. The van der Waals surface area contributed by atoms with Gasteiger partial charge in [0, 0.05) is 17.5 Å². The van der Waals surface area contributed by atoms with E-state index in [0.717, 1.165) is 36.9 Å². The molecule has 12 heteroatoms. The van der Waals surface area contributed by atoms with Crippen LogP contribution in [0.25, 0.3) is 11.6 Å². The average Bonchev–Trinajstić information content (AvgIpc) is 3.22. The first-order valence-corrected chi connectivity index (χ1v) is 8.71. The highest BCUT2D eigenvalue weighted by Gasteiger charge is 2.30. The molecule has 0 unspecified atom stereocenters. The molecule has 4 aromatic rings. The largest absolute Gasteiger partial charge is 0.268 e. The van der Waals surface area contributed by atoms with Gasteiger partial charge in [-0.05, 0) is 26.0 Å². The van der Waals surface area contributed by atoms with Gasteiger partial charge in [-0.2, -0.15) is 17.6 Å². The molecular formula is C19H12F6N6. The van der Waals surface area contributed by atoms with Crippen molar-refractivity contribution in [2.24, 2.45) is 0 Å². The number of hydrogen-bond acceptors (Lipinski definition) is 4. The van der Waals surface area contributed by atoms with E-state index in [0.29, 0.717) is 9.13 Å². The quantitative estimate of drug-likeness (QED) is 0.452. The molecule has 0 saturated heterocycles. The summed E-state index contributed by atoms with van der Waals surface area (Å²) in [5, 5.41) is 0. The highest BCUT2D eigenvalue weighted by molar-refractivity contribution is 5.37. The van der Waals surface area contributed by atoms with Gasteiger partial charge in [0.25, 0.3) is 23.8 Å². The molecule has 0 saturated carbocycles. The predicted molar refractivity (Wildman–Crippen MR) is 94.6 cm³/mol. The molecule has 0 radical (unpaired) electrons. The van der Waals surface area contributed by atoms with Gasteiger partial charge in [-0.1, -0.05) is 0 Å². The SMILES string of the molecule is CC(C)(c1cc(F)cc(-n2cnc(F)c2F)n1)c1cc(F)cc(-n2cnc(F)c2F)n1. The van der Waals surface area contributed by atoms with Crippen LogP contribution >= 0.6 is 0 Å². The van der Waals surface area contributed by atoms with Gasteiger partial charge in [0.05, 0.1) is 11.4 Å². The number of aromatic nitrogens is 6. The first-order chi connectivity index (χ1) is 14.6. The Hall–Kier alpha value is -3.70. The standard InChI is InChI=1S/C19H12F6N6/c1-19(2,11-3-9(20)5-13(28-11)30-7-26-15(22)17(30)24)12-4-10(21)6-14(29-12)31-8-27-16(23)18(31)25/h3-8H,1-2H3. The normalized spacial score (nSPS) is 11.9. The fourth-order valence-corrected chi connectivity index (χ4v) is 2.93. The molecule has 0 aliphatic rings. The maximum absolute atomic E-state index is 14.3. The maximum atomic E-state index is 14.3. The lowest BCUT2D eigenvalue weighted by Crippen LogP contribution is -2.24. The van der Waals surface area contributed by atoms with Crippen LogP contribution in [0.15, 0.2) is 36.9 Å². The summed E-state index contributed by atoms with van der Waals surface area (Å²) in [5.41, 5.74) is -1.33. The van der Waals surface area contributed by atoms with Crippen molar-refractivity contribution in [3.05, 3.63) is 83.7 Å². The maximum Gasteiger partial charge on any atom is 0.268 e. The second kappa shape index (κ2) is 7.22. The molecule has 0 fully saturated rings. The van der Waals surface area contributed by atoms with Crippen LogP contribution in [0.4, 0.5) is 26.3 Å². The van der Waals surface area contributed by atoms with Crippen molar-refractivity contribution in [1.29, 1.82) is 0 Å². The monoisotopic (exact) mass is 438 g/mol. The van der Waals surface area contributed by atoms with Crippen LogP contribution in [0.1, 0.15) is 25.2 Å². The molecule has 0 bridgehead atoms. The third kappa shape index (κ3) is 3.53. The Kier molecular flexibility index (Phi) is 4.79. The van der Waals surface area contributed by atoms with Gasteiger partial charge in [-0.25, -0.2) is 28.7 Å². The van der Waals surface area contributed by atoms with E-state index >= 15 is 0 Å². The molecule has 0 N–H and O–H groups in total. The molecule has 0 aliphatic heterocycles. The molecule has 31 heavy (non-hydrogen) atoms. The van der Waals surface area contributed by atoms with Crippen molar-refractivity contribution in [2.75, 3.05) is 0 Å². The van der Waals surface area contributed by atoms with Crippen LogP contribution < -0.4 is 0 Å². The zero-order valence-electron chi connectivity index (χ0n) is 15.9. The molecule has 0 spiro atoms. The number of hydrogen-bond donors (Lipinski definition) is 0. The van der Waals surface area contributed by atoms with E-state index in [1.54, 1.807) is 0 Å². The highest BCUT2D eigenvalue weighted by Crippen LogP contribution is 2.31. The summed E-state index contributed by atoms with van der Waals surface area (Å²) in [6, 6.07) is 3.74. The molecular weight excluding hydrogens is 426 g/mol. The zero-order chi connectivity index (χ0) is 22.5. The molecule has 0 aliphatic carbocycles. The van der Waals surface area contributed by atoms with Crippen molar-refractivity contribution in [3.8, 4) is 11.6 Å². The third-order valence-corrected chi connectivity index (χ3v) is 4.66. The molecule has 4 aromatic heterocycles. The summed E-state index contributed by atoms with van der Waals surface area (Å²) in [6.45, 7) is 3.03. The number of rotatable bonds is 4. The summed E-state index contributed by atoms with van der Waals surface area (Å²) in [5.74, 6) is -7.80. The van der Waals surface area contributed by atoms with Crippen molar-refractivity contribution >= 4 is 0 Å². The van der Waals surface area contributed by atoms with E-state index in [9.17, 15) is 26.3 Å². The molecule has 0 amide bonds. The Labute approximate surface area is 170 Å². The van der Waals surface area contributed by atoms with Gasteiger partial charge in [-0.3, -0.25) is 9.13 Å². The molecule has 6 nitrogen and oxygen atoms in total. The van der Waals surface area contributed by atoms with E-state index in [-0.39, 0.29) is 23.0 Å². The van der Waals surface area contributed by atoms with Crippen molar-refractivity contribution in [1.82, 2.24) is 29.1 Å². The Morgan fingerprint density at radius 3 is 1.35 bits per heavy atom. The van der Waals surface area contributed by atoms with E-state index in [1.807, 2.05) is 0 Å². The van der Waals surface area contributed by atoms with Gasteiger partial charge in [-0.15, -0.1) is 0 Å². The van der Waals surface area contributed by atoms with Crippen molar-refractivity contribution < 1.29 is 26.3 Å². The van der Waals surface area contributed by atoms with Crippen LogP contribution in [0, 0.1) is 35.4 Å². The summed E-state index contributed by atoms with van der Waals surface area (Å²) >= 11 is 0. The minimum atomic E-state index is -1.39. The molecule has 160 valence electrons. The highest BCUT2D eigenvalue weighted by atomic mass is 19.2. The predicted octanol–water partition coefficient (Wildman–Crippen LogP) is 4.01. The van der Waals surface area contributed by atoms with Crippen LogP contribution in [0.3, 0.4) is 0 Å². The first kappa shape index (κ1) is 20.6. The Balaban J connectivity index is 1.84. The van der Waals surface area contributed by atoms with Crippen molar-refractivity contribution in [2.45, 2.75) is 19.3 Å². The van der Waals surface area contributed by atoms with Crippen LogP contribution in [-0.4, -0.2) is 29.1 Å². The lowest BCUT2D eigenvalue weighted by atomic mass is 9.84. The topological polar surface area (TPSA) is 61.4 Å². The second-order valence-corrected chi connectivity index (χ2v) is 7.07. The lowest BCUT2D eigenvalue weighted by molar-refractivity contribution is 0.457. The molecule has 4 rings (SSSR count). The van der Waals surface area contributed by atoms with E-state index in [2.05, 4.69) is 19.9 Å². The Morgan fingerprint density at radius 1 is 0.645 bits per heavy atom. The van der Waals surface area contributed by atoms with E-state index < -0.39 is 40.8 Å². The van der Waals surface area contributed by atoms with Gasteiger partial charge >= 0.3 is 0 Å². The molecule has 0 aromatic carbocycles. The fourth-order valence-electron chi connectivity index (χ4n) is 2.93. The summed E-state index contributed by atoms with van der Waals surface area (Å²) < 4.78 is 84.1. The number of pyridine rings is 2. The van der Waals surface area contributed by atoms with Gasteiger partial charge < -0.3 is 0 Å². The van der Waals surface area contributed by atoms with E-state index in [4.69, 9.17) is 0 Å². The third-order valence-electron chi connectivity index (χ3n) is 4.66. The van der Waals surface area contributed by atoms with Gasteiger partial charge in [0.2, 0.25) is 0 Å². The van der Waals surface area contributed by atoms with E-state index in [1.165, 1.54) is 13.8 Å². The van der Waals surface area contributed by atoms with Crippen LogP contribution in [-0.2, 0) is 5.41 Å². The number of halogens is 6. The number of imidazole rings is 2. The Bertz CT molecular complexity index is 1200. The fraction of sp³-hybridized carbons (Fsp3) is 0.158. The molecule has 4 heterocycles. The van der Waals surface area contributed by atoms with Gasteiger partial charge in [0.1, 0.15) is 35.9 Å². The van der Waals surface area contributed by atoms with Crippen LogP contribution in [0.5, 0.6) is 0 Å². The van der Waals surface area contributed by atoms with Crippen molar-refractivity contribution in [3.63, 3.8) is 0 Å². The number of nitrogens with zero attached hydrogens (tertiary/aromatic N) is 6. The summed E-state index contributed by atoms with van der Waals surface area (Å²) in [4.78, 5) is 14.6. The van der Waals surface area contributed by atoms with Crippen LogP contribution in [0.2, 0.25) is 0 Å². The minimum Gasteiger partial charge on any atom is -0.256 e. The minimum absolute atomic E-state index is 0.0164. The first-order valence-electron chi connectivity index (χ1n) is 8.71. The Morgan fingerprint density at radius 2 is 1.03 bits per heavy atom. The smallest absolute Gasteiger partial charge is 0.256 e. The summed E-state index contributed by atoms with van der Waals surface area (Å²) in [7, 11) is 0. The lowest BCUT2D eigenvalue weighted by Gasteiger charge is -2.25. The van der Waals surface area contributed by atoms with Gasteiger partial charge in [0.15, 0.2) is 0 Å². The second-order valence-electron chi connectivity index (χ2n) is 7.07. The zero-order valence-corrected chi connectivity index (χ0v) is 15.9. The molecule has 0 atom stereocenters.